The lowest BCUT2D eigenvalue weighted by Gasteiger charge is -2.02. The van der Waals surface area contributed by atoms with Gasteiger partial charge in [0.1, 0.15) is 0 Å². The Kier molecular flexibility index (Phi) is 2.79. The molecular weight excluding hydrogens is 172 g/mol. The van der Waals surface area contributed by atoms with E-state index >= 15 is 0 Å². The van der Waals surface area contributed by atoms with Gasteiger partial charge in [-0.25, -0.2) is 4.98 Å². The Hall–Kier alpha value is -1.65. The molecule has 0 unspecified atom stereocenters. The van der Waals surface area contributed by atoms with Gasteiger partial charge < -0.3 is 4.74 Å². The van der Waals surface area contributed by atoms with E-state index in [2.05, 4.69) is 4.98 Å². The van der Waals surface area contributed by atoms with Crippen LogP contribution in [0.4, 0.5) is 5.69 Å². The molecule has 1 aromatic rings. The number of ether oxygens (including phenoxy) is 1. The summed E-state index contributed by atoms with van der Waals surface area (Å²) < 4.78 is 5.03. The Bertz CT molecular complexity index is 325. The molecule has 0 atom stereocenters. The van der Waals surface area contributed by atoms with Gasteiger partial charge in [-0.3, -0.25) is 10.1 Å². The number of rotatable bonds is 3. The molecule has 5 heteroatoms. The Morgan fingerprint density at radius 2 is 2.31 bits per heavy atom. The minimum Gasteiger partial charge on any atom is -0.473 e. The topological polar surface area (TPSA) is 65.3 Å². The third-order valence-corrected chi connectivity index (χ3v) is 1.46. The van der Waals surface area contributed by atoms with E-state index in [4.69, 9.17) is 4.74 Å². The summed E-state index contributed by atoms with van der Waals surface area (Å²) in [4.78, 5) is 13.9. The molecule has 70 valence electrons. The SMILES string of the molecule is CCOc1nc(C)ccc1[N+](=O)[O-]. The molecule has 0 radical (unpaired) electrons. The predicted molar refractivity (Wildman–Crippen MR) is 46.8 cm³/mol. The highest BCUT2D eigenvalue weighted by molar-refractivity contribution is 5.41. The Labute approximate surface area is 75.5 Å². The maximum atomic E-state index is 10.5. The average molecular weight is 182 g/mol. The van der Waals surface area contributed by atoms with Crippen molar-refractivity contribution in [3.05, 3.63) is 27.9 Å². The quantitative estimate of drug-likeness (QED) is 0.527. The van der Waals surface area contributed by atoms with Gasteiger partial charge in [-0.15, -0.1) is 0 Å². The number of hydrogen-bond acceptors (Lipinski definition) is 4. The molecular formula is C8H10N2O3. The number of pyridine rings is 1. The maximum Gasteiger partial charge on any atom is 0.330 e. The van der Waals surface area contributed by atoms with Gasteiger partial charge in [-0.05, 0) is 19.9 Å². The van der Waals surface area contributed by atoms with Crippen LogP contribution in [0.1, 0.15) is 12.6 Å². The fourth-order valence-corrected chi connectivity index (χ4v) is 0.907. The number of nitrogens with zero attached hydrogens (tertiary/aromatic N) is 2. The summed E-state index contributed by atoms with van der Waals surface area (Å²) in [5, 5.41) is 10.5. The summed E-state index contributed by atoms with van der Waals surface area (Å²) in [6, 6.07) is 2.98. The third kappa shape index (κ3) is 2.14. The van der Waals surface area contributed by atoms with Crippen LogP contribution >= 0.6 is 0 Å². The molecule has 13 heavy (non-hydrogen) atoms. The third-order valence-electron chi connectivity index (χ3n) is 1.46. The molecule has 0 aromatic carbocycles. The number of nitro groups is 1. The van der Waals surface area contributed by atoms with Gasteiger partial charge in [0.15, 0.2) is 0 Å². The predicted octanol–water partition coefficient (Wildman–Crippen LogP) is 1.70. The first-order valence-corrected chi connectivity index (χ1v) is 3.90. The second-order valence-corrected chi connectivity index (χ2v) is 2.47. The van der Waals surface area contributed by atoms with Crippen LogP contribution in [-0.4, -0.2) is 16.5 Å². The summed E-state index contributed by atoms with van der Waals surface area (Å²) >= 11 is 0. The Morgan fingerprint density at radius 3 is 2.85 bits per heavy atom. The summed E-state index contributed by atoms with van der Waals surface area (Å²) in [5.74, 6) is 0.0903. The fraction of sp³-hybridized carbons (Fsp3) is 0.375. The van der Waals surface area contributed by atoms with Crippen molar-refractivity contribution < 1.29 is 9.66 Å². The van der Waals surface area contributed by atoms with E-state index in [1.54, 1.807) is 19.9 Å². The number of aryl methyl sites for hydroxylation is 1. The standard InChI is InChI=1S/C8H10N2O3/c1-3-13-8-7(10(11)12)5-4-6(2)9-8/h4-5H,3H2,1-2H3. The van der Waals surface area contributed by atoms with Crippen LogP contribution in [0, 0.1) is 17.0 Å². The van der Waals surface area contributed by atoms with Crippen LogP contribution in [0.5, 0.6) is 5.88 Å². The molecule has 0 aliphatic carbocycles. The maximum absolute atomic E-state index is 10.5. The lowest BCUT2D eigenvalue weighted by Crippen LogP contribution is -2.00. The summed E-state index contributed by atoms with van der Waals surface area (Å²) in [7, 11) is 0. The van der Waals surface area contributed by atoms with Crippen molar-refractivity contribution in [3.63, 3.8) is 0 Å². The van der Waals surface area contributed by atoms with E-state index in [-0.39, 0.29) is 11.6 Å². The molecule has 0 aliphatic heterocycles. The van der Waals surface area contributed by atoms with E-state index in [9.17, 15) is 10.1 Å². The van der Waals surface area contributed by atoms with Crippen molar-refractivity contribution in [1.82, 2.24) is 4.98 Å². The van der Waals surface area contributed by atoms with Crippen LogP contribution in [0.3, 0.4) is 0 Å². The first-order valence-electron chi connectivity index (χ1n) is 3.90. The van der Waals surface area contributed by atoms with Crippen molar-refractivity contribution in [1.29, 1.82) is 0 Å². The Morgan fingerprint density at radius 1 is 1.62 bits per heavy atom. The molecule has 1 aromatic heterocycles. The van der Waals surface area contributed by atoms with E-state index in [1.807, 2.05) is 0 Å². The lowest BCUT2D eigenvalue weighted by atomic mass is 10.3. The van der Waals surface area contributed by atoms with Crippen molar-refractivity contribution in [2.24, 2.45) is 0 Å². The Balaban J connectivity index is 3.10. The zero-order valence-electron chi connectivity index (χ0n) is 7.48. The lowest BCUT2D eigenvalue weighted by molar-refractivity contribution is -0.386. The number of hydrogen-bond donors (Lipinski definition) is 0. The van der Waals surface area contributed by atoms with Gasteiger partial charge in [0.05, 0.1) is 11.5 Å². The highest BCUT2D eigenvalue weighted by atomic mass is 16.6. The summed E-state index contributed by atoms with van der Waals surface area (Å²) in [6.45, 7) is 3.89. The van der Waals surface area contributed by atoms with Crippen molar-refractivity contribution in [2.75, 3.05) is 6.61 Å². The van der Waals surface area contributed by atoms with Gasteiger partial charge in [0.25, 0.3) is 5.88 Å². The summed E-state index contributed by atoms with van der Waals surface area (Å²) in [6.07, 6.45) is 0. The minimum atomic E-state index is -0.503. The van der Waals surface area contributed by atoms with Gasteiger partial charge in [-0.1, -0.05) is 0 Å². The highest BCUT2D eigenvalue weighted by Crippen LogP contribution is 2.23. The molecule has 0 bridgehead atoms. The average Bonchev–Trinajstić information content (AvgIpc) is 2.04. The second kappa shape index (κ2) is 3.84. The van der Waals surface area contributed by atoms with Crippen LogP contribution in [-0.2, 0) is 0 Å². The monoisotopic (exact) mass is 182 g/mol. The molecule has 0 amide bonds. The molecule has 1 rings (SSSR count). The molecule has 0 saturated heterocycles. The van der Waals surface area contributed by atoms with E-state index < -0.39 is 4.92 Å². The first kappa shape index (κ1) is 9.44. The van der Waals surface area contributed by atoms with Crippen LogP contribution in [0.15, 0.2) is 12.1 Å². The van der Waals surface area contributed by atoms with E-state index in [0.717, 1.165) is 0 Å². The fourth-order valence-electron chi connectivity index (χ4n) is 0.907. The number of aromatic nitrogens is 1. The molecule has 0 N–H and O–H groups in total. The van der Waals surface area contributed by atoms with E-state index in [1.165, 1.54) is 6.07 Å². The van der Waals surface area contributed by atoms with Gasteiger partial charge >= 0.3 is 5.69 Å². The molecule has 0 spiro atoms. The van der Waals surface area contributed by atoms with Gasteiger partial charge in [0, 0.05) is 11.8 Å². The van der Waals surface area contributed by atoms with Crippen LogP contribution < -0.4 is 4.74 Å². The first-order chi connectivity index (χ1) is 6.15. The van der Waals surface area contributed by atoms with Crippen molar-refractivity contribution in [3.8, 4) is 5.88 Å². The van der Waals surface area contributed by atoms with Gasteiger partial charge in [0.2, 0.25) is 0 Å². The molecule has 5 nitrogen and oxygen atoms in total. The van der Waals surface area contributed by atoms with E-state index in [0.29, 0.717) is 12.3 Å². The molecule has 0 fully saturated rings. The minimum absolute atomic E-state index is 0.0903. The normalized spacial score (nSPS) is 9.69. The molecule has 0 saturated carbocycles. The molecule has 1 heterocycles. The molecule has 0 aliphatic rings. The van der Waals surface area contributed by atoms with Crippen LogP contribution in [0.25, 0.3) is 0 Å². The van der Waals surface area contributed by atoms with Crippen LogP contribution in [0.2, 0.25) is 0 Å². The second-order valence-electron chi connectivity index (χ2n) is 2.47. The smallest absolute Gasteiger partial charge is 0.330 e. The van der Waals surface area contributed by atoms with Gasteiger partial charge in [-0.2, -0.15) is 0 Å². The largest absolute Gasteiger partial charge is 0.473 e. The van der Waals surface area contributed by atoms with Crippen molar-refractivity contribution >= 4 is 5.69 Å². The zero-order chi connectivity index (χ0) is 9.84. The van der Waals surface area contributed by atoms with Crippen molar-refractivity contribution in [2.45, 2.75) is 13.8 Å². The highest BCUT2D eigenvalue weighted by Gasteiger charge is 2.15. The zero-order valence-corrected chi connectivity index (χ0v) is 7.48. The summed E-state index contributed by atoms with van der Waals surface area (Å²) in [5.41, 5.74) is 0.613.